The van der Waals surface area contributed by atoms with Crippen LogP contribution in [-0.2, 0) is 14.3 Å². The first-order valence-corrected chi connectivity index (χ1v) is 19.6. The molecule has 0 aromatic heterocycles. The summed E-state index contributed by atoms with van der Waals surface area (Å²) in [5.41, 5.74) is 8.21. The lowest BCUT2D eigenvalue weighted by molar-refractivity contribution is -0.127. The summed E-state index contributed by atoms with van der Waals surface area (Å²) in [6, 6.07) is 0.110. The number of nitrogens with zero attached hydrogens (tertiary/aromatic N) is 2. The second-order valence-corrected chi connectivity index (χ2v) is 16.4. The Labute approximate surface area is 292 Å². The molecule has 0 aromatic carbocycles. The number of amides is 2. The number of aliphatic imine (C=N–C) groups is 1. The zero-order valence-electron chi connectivity index (χ0n) is 29.1. The highest BCUT2D eigenvalue weighted by molar-refractivity contribution is 6.43. The number of halogens is 1. The third-order valence-electron chi connectivity index (χ3n) is 12.9. The second kappa shape index (κ2) is 16.8. The van der Waals surface area contributed by atoms with Gasteiger partial charge in [0.15, 0.2) is 0 Å². The lowest BCUT2D eigenvalue weighted by atomic mass is 9.54. The van der Waals surface area contributed by atoms with Gasteiger partial charge in [0, 0.05) is 49.2 Å². The fraction of sp³-hybridized carbons (Fsp3) is 0.914. The second-order valence-electron chi connectivity index (χ2n) is 15.8. The smallest absolute Gasteiger partial charge is 0.427 e. The van der Waals surface area contributed by atoms with Gasteiger partial charge in [-0.2, -0.15) is 0 Å². The van der Waals surface area contributed by atoms with Crippen molar-refractivity contribution in [2.75, 3.05) is 20.2 Å². The van der Waals surface area contributed by atoms with Crippen LogP contribution in [0.5, 0.6) is 0 Å². The molecule has 4 aliphatic carbocycles. The van der Waals surface area contributed by atoms with Gasteiger partial charge in [0.2, 0.25) is 11.8 Å². The minimum atomic E-state index is -1.27. The van der Waals surface area contributed by atoms with Gasteiger partial charge >= 0.3 is 7.12 Å². The molecular weight excluding hydrogens is 631 g/mol. The fourth-order valence-electron chi connectivity index (χ4n) is 10.5. The summed E-state index contributed by atoms with van der Waals surface area (Å²) in [6.45, 7) is 2.96. The number of methoxy groups -OCH3 is 1. The Morgan fingerprint density at radius 2 is 1.73 bits per heavy atom. The molecule has 1 saturated heterocycles. The van der Waals surface area contributed by atoms with Gasteiger partial charge in [-0.15, -0.1) is 11.6 Å². The van der Waals surface area contributed by atoms with Crippen LogP contribution in [0.3, 0.4) is 0 Å². The number of fused-ring (bicyclic) bond motifs is 3. The summed E-state index contributed by atoms with van der Waals surface area (Å²) in [7, 11) is 0.549. The zero-order chi connectivity index (χ0) is 33.8. The average Bonchev–Trinajstić information content (AvgIpc) is 3.43. The Morgan fingerprint density at radius 1 is 0.958 bits per heavy atom. The molecule has 0 spiro atoms. The molecule has 2 heterocycles. The highest BCUT2D eigenvalue weighted by Crippen LogP contribution is 2.46. The monoisotopic (exact) mass is 690 g/mol. The summed E-state index contributed by atoms with van der Waals surface area (Å²) < 4.78 is 5.88. The number of rotatable bonds is 10. The third kappa shape index (κ3) is 8.43. The minimum Gasteiger partial charge on any atom is -0.427 e. The molecular formula is C35H60BClN6O5. The van der Waals surface area contributed by atoms with Crippen molar-refractivity contribution < 1.29 is 24.4 Å². The molecule has 48 heavy (non-hydrogen) atoms. The van der Waals surface area contributed by atoms with Crippen molar-refractivity contribution in [1.29, 1.82) is 0 Å². The Hall–Kier alpha value is -1.28. The van der Waals surface area contributed by atoms with E-state index in [4.69, 9.17) is 21.3 Å². The van der Waals surface area contributed by atoms with E-state index >= 15 is 0 Å². The average molecular weight is 691 g/mol. The van der Waals surface area contributed by atoms with Crippen molar-refractivity contribution in [3.8, 4) is 0 Å². The Morgan fingerprint density at radius 3 is 2.50 bits per heavy atom. The molecule has 10 atom stereocenters. The highest BCUT2D eigenvalue weighted by atomic mass is 35.5. The SMILES string of the molecule is COC1CCC2C(C1)C(C1CCC(Cl)CC1)=N[C@@H](CC(=O)NCCNC(=O)C1CCCC(C3CCCCC3B(O)O)C1)C1NNC(C)N21. The maximum absolute atomic E-state index is 13.4. The van der Waals surface area contributed by atoms with Crippen LogP contribution >= 0.6 is 11.6 Å². The van der Waals surface area contributed by atoms with E-state index in [9.17, 15) is 19.6 Å². The van der Waals surface area contributed by atoms with Gasteiger partial charge in [-0.3, -0.25) is 19.5 Å². The van der Waals surface area contributed by atoms with Crippen molar-refractivity contribution in [2.45, 2.75) is 151 Å². The molecule has 0 bridgehead atoms. The number of hydrogen-bond acceptors (Lipinski definition) is 9. The van der Waals surface area contributed by atoms with Crippen LogP contribution in [0.4, 0.5) is 0 Å². The zero-order valence-corrected chi connectivity index (χ0v) is 29.9. The van der Waals surface area contributed by atoms with Crippen molar-refractivity contribution >= 4 is 36.2 Å². The lowest BCUT2D eigenvalue weighted by Gasteiger charge is -2.44. The molecule has 13 heteroatoms. The first-order chi connectivity index (χ1) is 23.2. The fourth-order valence-corrected chi connectivity index (χ4v) is 10.7. The highest BCUT2D eigenvalue weighted by Gasteiger charge is 2.50. The number of hydrogen-bond donors (Lipinski definition) is 6. The van der Waals surface area contributed by atoms with E-state index in [-0.39, 0.29) is 65.7 Å². The Bertz CT molecular complexity index is 1130. The lowest BCUT2D eigenvalue weighted by Crippen LogP contribution is -2.55. The minimum absolute atomic E-state index is 0.0496. The van der Waals surface area contributed by atoms with Crippen LogP contribution in [0.2, 0.25) is 5.82 Å². The van der Waals surface area contributed by atoms with E-state index < -0.39 is 7.12 Å². The first kappa shape index (κ1) is 36.5. The van der Waals surface area contributed by atoms with Crippen molar-refractivity contribution in [1.82, 2.24) is 26.4 Å². The standard InChI is InChI=1S/C35H60BClN6O5/c1-21-41-42-34-30(40-33(22-10-12-25(37)13-11-22)28-19-26(48-2)14-15-31(28)43(21)34)20-32(44)38-16-17-39-35(45)24-7-5-6-23(18-24)27-8-3-4-9-29(27)36(46)47/h21-31,34,41-42,46-47H,3-20H2,1-2H3,(H,38,44)(H,39,45)/t21?,22?,23?,24?,25?,26?,27?,28?,29?,30-,31?,34?/m0/s1. The van der Waals surface area contributed by atoms with Crippen LogP contribution in [0.15, 0.2) is 4.99 Å². The van der Waals surface area contributed by atoms with Crippen LogP contribution in [0.1, 0.15) is 110 Å². The molecule has 5 fully saturated rings. The number of ether oxygens (including phenoxy) is 1. The third-order valence-corrected chi connectivity index (χ3v) is 13.4. The number of carbonyl (C=O) groups excluding carboxylic acids is 2. The van der Waals surface area contributed by atoms with Gasteiger partial charge in [-0.1, -0.05) is 38.5 Å². The summed E-state index contributed by atoms with van der Waals surface area (Å²) in [6.07, 6.45) is 15.5. The first-order valence-electron chi connectivity index (χ1n) is 19.2. The van der Waals surface area contributed by atoms with Crippen molar-refractivity contribution in [3.05, 3.63) is 0 Å². The Kier molecular flexibility index (Phi) is 12.8. The summed E-state index contributed by atoms with van der Waals surface area (Å²) >= 11 is 6.53. The molecule has 2 amide bonds. The molecule has 11 nitrogen and oxygen atoms in total. The van der Waals surface area contributed by atoms with Gasteiger partial charge in [-0.05, 0) is 88.3 Å². The van der Waals surface area contributed by atoms with Crippen LogP contribution in [0.25, 0.3) is 0 Å². The maximum Gasteiger partial charge on any atom is 0.455 e. The van der Waals surface area contributed by atoms with E-state index in [0.29, 0.717) is 36.9 Å². The number of carbonyl (C=O) groups is 2. The maximum atomic E-state index is 13.4. The van der Waals surface area contributed by atoms with E-state index in [2.05, 4.69) is 33.3 Å². The van der Waals surface area contributed by atoms with E-state index in [0.717, 1.165) is 96.3 Å². The van der Waals surface area contributed by atoms with Gasteiger partial charge in [0.05, 0.1) is 30.9 Å². The van der Waals surface area contributed by atoms with Crippen LogP contribution in [0, 0.1) is 29.6 Å². The van der Waals surface area contributed by atoms with E-state index in [1.54, 1.807) is 0 Å². The topological polar surface area (TPSA) is 148 Å². The summed E-state index contributed by atoms with van der Waals surface area (Å²) in [5, 5.41) is 26.4. The van der Waals surface area contributed by atoms with Gasteiger partial charge in [0.1, 0.15) is 0 Å². The molecule has 6 N–H and O–H groups in total. The molecule has 9 unspecified atom stereocenters. The van der Waals surface area contributed by atoms with Crippen LogP contribution in [-0.4, -0.2) is 95.7 Å². The largest absolute Gasteiger partial charge is 0.455 e. The molecule has 0 radical (unpaired) electrons. The normalized spacial score (nSPS) is 40.6. The predicted octanol–water partition coefficient (Wildman–Crippen LogP) is 3.33. The number of nitrogens with one attached hydrogen (secondary N) is 4. The van der Waals surface area contributed by atoms with Gasteiger partial charge in [-0.25, -0.2) is 10.9 Å². The van der Waals surface area contributed by atoms with Crippen molar-refractivity contribution in [3.63, 3.8) is 0 Å². The van der Waals surface area contributed by atoms with Gasteiger partial charge < -0.3 is 25.4 Å². The van der Waals surface area contributed by atoms with Crippen LogP contribution < -0.4 is 21.5 Å². The van der Waals surface area contributed by atoms with Gasteiger partial charge in [0.25, 0.3) is 0 Å². The molecule has 4 saturated carbocycles. The molecule has 2 aliphatic heterocycles. The quantitative estimate of drug-likeness (QED) is 0.116. The number of alkyl halides is 1. The van der Waals surface area contributed by atoms with E-state index in [1.807, 2.05) is 7.11 Å². The Balaban J connectivity index is 1.05. The van der Waals surface area contributed by atoms with Crippen molar-refractivity contribution in [2.24, 2.45) is 34.6 Å². The molecule has 0 aromatic rings. The summed E-state index contributed by atoms with van der Waals surface area (Å²) in [4.78, 5) is 34.7. The number of hydrazine groups is 1. The predicted molar refractivity (Wildman–Crippen MR) is 188 cm³/mol. The molecule has 6 rings (SSSR count). The summed E-state index contributed by atoms with van der Waals surface area (Å²) in [5.74, 6) is 1.21. The van der Waals surface area contributed by atoms with E-state index in [1.165, 1.54) is 5.71 Å². The molecule has 6 aliphatic rings. The molecule has 270 valence electrons.